The second-order valence-electron chi connectivity index (χ2n) is 3.93. The zero-order chi connectivity index (χ0) is 12.3. The van der Waals surface area contributed by atoms with Crippen LogP contribution in [0.5, 0.6) is 0 Å². The molecule has 1 aromatic rings. The van der Waals surface area contributed by atoms with E-state index < -0.39 is 10.1 Å². The molecular formula is C11H15NO3S2. The second-order valence-corrected chi connectivity index (χ2v) is 6.92. The summed E-state index contributed by atoms with van der Waals surface area (Å²) in [6, 6.07) is 8.12. The summed E-state index contributed by atoms with van der Waals surface area (Å²) >= 11 is 1.77. The number of hydrogen-bond acceptors (Lipinski definition) is 5. The van der Waals surface area contributed by atoms with Gasteiger partial charge in [-0.2, -0.15) is 8.42 Å². The van der Waals surface area contributed by atoms with Crippen LogP contribution in [0.2, 0.25) is 0 Å². The van der Waals surface area contributed by atoms with Crippen molar-refractivity contribution in [3.63, 3.8) is 0 Å². The largest absolute Gasteiger partial charge is 0.383 e. The monoisotopic (exact) mass is 273 g/mol. The molecule has 0 saturated heterocycles. The number of hydrogen-bond donors (Lipinski definition) is 1. The Morgan fingerprint density at radius 3 is 3.00 bits per heavy atom. The highest BCUT2D eigenvalue weighted by atomic mass is 32.2. The van der Waals surface area contributed by atoms with Crippen molar-refractivity contribution in [1.29, 1.82) is 0 Å². The zero-order valence-corrected chi connectivity index (χ0v) is 11.2. The molecular weight excluding hydrogens is 258 g/mol. The van der Waals surface area contributed by atoms with Gasteiger partial charge in [0.15, 0.2) is 0 Å². The van der Waals surface area contributed by atoms with Crippen LogP contribution in [0, 0.1) is 0 Å². The molecule has 2 rings (SSSR count). The van der Waals surface area contributed by atoms with E-state index in [9.17, 15) is 8.42 Å². The fraction of sp³-hybridized carbons (Fsp3) is 0.455. The molecule has 1 heterocycles. The molecule has 4 nitrogen and oxygen atoms in total. The van der Waals surface area contributed by atoms with E-state index in [2.05, 4.69) is 11.4 Å². The van der Waals surface area contributed by atoms with E-state index in [1.165, 1.54) is 4.90 Å². The minimum absolute atomic E-state index is 0.250. The van der Waals surface area contributed by atoms with E-state index in [0.717, 1.165) is 24.9 Å². The first-order valence-corrected chi connectivity index (χ1v) is 8.08. The molecule has 1 atom stereocenters. The van der Waals surface area contributed by atoms with Gasteiger partial charge in [0.2, 0.25) is 0 Å². The van der Waals surface area contributed by atoms with E-state index >= 15 is 0 Å². The fourth-order valence-electron chi connectivity index (χ4n) is 1.65. The molecule has 0 spiro atoms. The molecule has 1 aliphatic heterocycles. The Bertz CT molecular complexity index is 487. The standard InChI is InChI=1S/C11H15NO3S2/c1-17(13,14)15-7-6-9-8-12-10-4-2-3-5-11(10)16-9/h2-5,9,12H,6-8H2,1H3. The maximum absolute atomic E-state index is 10.8. The van der Waals surface area contributed by atoms with Gasteiger partial charge in [-0.25, -0.2) is 0 Å². The summed E-state index contributed by atoms with van der Waals surface area (Å²) < 4.78 is 26.4. The molecule has 1 aliphatic rings. The highest BCUT2D eigenvalue weighted by Gasteiger charge is 2.18. The van der Waals surface area contributed by atoms with Gasteiger partial charge in [-0.1, -0.05) is 12.1 Å². The molecule has 17 heavy (non-hydrogen) atoms. The molecule has 94 valence electrons. The Labute approximate surface area is 106 Å². The SMILES string of the molecule is CS(=O)(=O)OCCC1CNc2ccccc2S1. The van der Waals surface area contributed by atoms with Crippen LogP contribution in [0.3, 0.4) is 0 Å². The van der Waals surface area contributed by atoms with Crippen LogP contribution in [0.1, 0.15) is 6.42 Å². The lowest BCUT2D eigenvalue weighted by Crippen LogP contribution is -2.23. The molecule has 0 bridgehead atoms. The first kappa shape index (κ1) is 12.7. The van der Waals surface area contributed by atoms with E-state index in [-0.39, 0.29) is 6.61 Å². The van der Waals surface area contributed by atoms with E-state index in [1.807, 2.05) is 18.2 Å². The Morgan fingerprint density at radius 1 is 1.47 bits per heavy atom. The topological polar surface area (TPSA) is 55.4 Å². The van der Waals surface area contributed by atoms with Crippen LogP contribution in [0.15, 0.2) is 29.2 Å². The third kappa shape index (κ3) is 3.90. The molecule has 0 saturated carbocycles. The average molecular weight is 273 g/mol. The van der Waals surface area contributed by atoms with E-state index in [4.69, 9.17) is 4.18 Å². The average Bonchev–Trinajstić information content (AvgIpc) is 2.27. The Kier molecular flexibility index (Phi) is 3.96. The third-order valence-electron chi connectivity index (χ3n) is 2.44. The van der Waals surface area contributed by atoms with E-state index in [1.54, 1.807) is 11.8 Å². The van der Waals surface area contributed by atoms with Gasteiger partial charge in [-0.05, 0) is 18.6 Å². The predicted molar refractivity (Wildman–Crippen MR) is 70.0 cm³/mol. The molecule has 1 N–H and O–H groups in total. The van der Waals surface area contributed by atoms with Gasteiger partial charge in [-0.15, -0.1) is 11.8 Å². The molecule has 0 amide bonds. The fourth-order valence-corrected chi connectivity index (χ4v) is 3.22. The van der Waals surface area contributed by atoms with Crippen LogP contribution in [-0.2, 0) is 14.3 Å². The molecule has 0 radical (unpaired) electrons. The van der Waals surface area contributed by atoms with Gasteiger partial charge in [0, 0.05) is 22.4 Å². The first-order valence-electron chi connectivity index (χ1n) is 5.38. The predicted octanol–water partition coefficient (Wildman–Crippen LogP) is 1.94. The van der Waals surface area contributed by atoms with Crippen molar-refractivity contribution < 1.29 is 12.6 Å². The van der Waals surface area contributed by atoms with Gasteiger partial charge in [0.1, 0.15) is 0 Å². The molecule has 1 aromatic carbocycles. The Morgan fingerprint density at radius 2 is 2.24 bits per heavy atom. The summed E-state index contributed by atoms with van der Waals surface area (Å²) in [5.41, 5.74) is 1.15. The number of thioether (sulfide) groups is 1. The van der Waals surface area contributed by atoms with Gasteiger partial charge in [0.05, 0.1) is 12.9 Å². The Balaban J connectivity index is 1.86. The van der Waals surface area contributed by atoms with Crippen LogP contribution in [0.25, 0.3) is 0 Å². The van der Waals surface area contributed by atoms with Crippen LogP contribution in [-0.4, -0.2) is 33.1 Å². The molecule has 1 unspecified atom stereocenters. The number of rotatable bonds is 4. The maximum atomic E-state index is 10.8. The highest BCUT2D eigenvalue weighted by Crippen LogP contribution is 2.35. The van der Waals surface area contributed by atoms with Crippen molar-refractivity contribution in [3.8, 4) is 0 Å². The molecule has 6 heteroatoms. The van der Waals surface area contributed by atoms with Crippen molar-refractivity contribution in [2.24, 2.45) is 0 Å². The van der Waals surface area contributed by atoms with Gasteiger partial charge in [-0.3, -0.25) is 4.18 Å². The quantitative estimate of drug-likeness (QED) is 0.850. The Hall–Kier alpha value is -0.720. The lowest BCUT2D eigenvalue weighted by Gasteiger charge is -2.25. The summed E-state index contributed by atoms with van der Waals surface area (Å²) in [7, 11) is -3.32. The number of nitrogens with one attached hydrogen (secondary N) is 1. The second kappa shape index (κ2) is 5.29. The summed E-state index contributed by atoms with van der Waals surface area (Å²) in [4.78, 5) is 1.21. The van der Waals surface area contributed by atoms with E-state index in [0.29, 0.717) is 5.25 Å². The van der Waals surface area contributed by atoms with Crippen LogP contribution < -0.4 is 5.32 Å². The van der Waals surface area contributed by atoms with Crippen LogP contribution in [0.4, 0.5) is 5.69 Å². The zero-order valence-electron chi connectivity index (χ0n) is 9.55. The van der Waals surface area contributed by atoms with Crippen molar-refractivity contribution in [1.82, 2.24) is 0 Å². The summed E-state index contributed by atoms with van der Waals surface area (Å²) in [6.45, 7) is 1.09. The highest BCUT2D eigenvalue weighted by molar-refractivity contribution is 8.00. The van der Waals surface area contributed by atoms with Gasteiger partial charge in [0.25, 0.3) is 10.1 Å². The number of para-hydroxylation sites is 1. The summed E-state index contributed by atoms with van der Waals surface area (Å²) in [5, 5.41) is 3.69. The lowest BCUT2D eigenvalue weighted by atomic mass is 10.2. The van der Waals surface area contributed by atoms with Gasteiger partial charge < -0.3 is 5.32 Å². The van der Waals surface area contributed by atoms with Crippen molar-refractivity contribution in [2.45, 2.75) is 16.6 Å². The number of anilines is 1. The number of benzene rings is 1. The maximum Gasteiger partial charge on any atom is 0.264 e. The first-order chi connectivity index (χ1) is 8.04. The lowest BCUT2D eigenvalue weighted by molar-refractivity contribution is 0.315. The van der Waals surface area contributed by atoms with Crippen molar-refractivity contribution in [2.75, 3.05) is 24.7 Å². The summed E-state index contributed by atoms with van der Waals surface area (Å²) in [5.74, 6) is 0. The molecule has 0 aromatic heterocycles. The smallest absolute Gasteiger partial charge is 0.264 e. The van der Waals surface area contributed by atoms with Crippen molar-refractivity contribution >= 4 is 27.6 Å². The van der Waals surface area contributed by atoms with Crippen LogP contribution >= 0.6 is 11.8 Å². The summed E-state index contributed by atoms with van der Waals surface area (Å²) in [6.07, 6.45) is 1.80. The van der Waals surface area contributed by atoms with Gasteiger partial charge >= 0.3 is 0 Å². The third-order valence-corrected chi connectivity index (χ3v) is 4.38. The minimum atomic E-state index is -3.32. The minimum Gasteiger partial charge on any atom is -0.383 e. The molecule has 0 fully saturated rings. The van der Waals surface area contributed by atoms with Crippen molar-refractivity contribution in [3.05, 3.63) is 24.3 Å². The number of fused-ring (bicyclic) bond motifs is 1. The normalized spacial score (nSPS) is 19.5. The molecule has 0 aliphatic carbocycles.